The maximum Gasteiger partial charge on any atom is 0.272 e. The minimum absolute atomic E-state index is 0.158. The van der Waals surface area contributed by atoms with E-state index in [2.05, 4.69) is 10.3 Å². The Hall–Kier alpha value is -2.84. The monoisotopic (exact) mass is 438 g/mol. The second-order valence-electron chi connectivity index (χ2n) is 8.03. The molecule has 0 bridgehead atoms. The van der Waals surface area contributed by atoms with Gasteiger partial charge in [0.25, 0.3) is 5.91 Å². The summed E-state index contributed by atoms with van der Waals surface area (Å²) in [6.07, 6.45) is 6.25. The number of carbonyl (C=O) groups is 1. The average Bonchev–Trinajstić information content (AvgIpc) is 3.21. The molecule has 0 saturated carbocycles. The van der Waals surface area contributed by atoms with Crippen LogP contribution < -0.4 is 5.32 Å². The summed E-state index contributed by atoms with van der Waals surface area (Å²) in [6.45, 7) is 2.80. The van der Waals surface area contributed by atoms with Gasteiger partial charge in [-0.05, 0) is 38.2 Å². The first kappa shape index (κ1) is 21.4. The first-order valence-corrected chi connectivity index (χ1v) is 11.6. The summed E-state index contributed by atoms with van der Waals surface area (Å²) in [6, 6.07) is 9.32. The third-order valence-corrected chi connectivity index (χ3v) is 6.11. The summed E-state index contributed by atoms with van der Waals surface area (Å²) in [5.41, 5.74) is 2.60. The van der Waals surface area contributed by atoms with Gasteiger partial charge in [-0.3, -0.25) is 15.2 Å². The molecule has 1 aliphatic rings. The maximum atomic E-state index is 13.0. The van der Waals surface area contributed by atoms with Gasteiger partial charge in [0.1, 0.15) is 17.5 Å². The van der Waals surface area contributed by atoms with E-state index in [1.54, 1.807) is 42.1 Å². The molecule has 3 heterocycles. The molecule has 0 radical (unpaired) electrons. The Bertz CT molecular complexity index is 1110. The fourth-order valence-electron chi connectivity index (χ4n) is 3.74. The van der Waals surface area contributed by atoms with Crippen LogP contribution in [0.15, 0.2) is 47.2 Å². The van der Waals surface area contributed by atoms with Gasteiger partial charge in [-0.25, -0.2) is 0 Å². The van der Waals surface area contributed by atoms with Gasteiger partial charge in [0.05, 0.1) is 17.2 Å². The molecule has 0 atom stereocenters. The molecular formula is C23H26N4O3S. The summed E-state index contributed by atoms with van der Waals surface area (Å²) in [5.74, 6) is 0.478. The van der Waals surface area contributed by atoms with Gasteiger partial charge in [-0.2, -0.15) is 0 Å². The van der Waals surface area contributed by atoms with Crippen molar-refractivity contribution < 1.29 is 14.3 Å². The molecule has 4 rings (SSSR count). The molecule has 1 aliphatic heterocycles. The van der Waals surface area contributed by atoms with Crippen LogP contribution in [0.25, 0.3) is 11.0 Å². The number of para-hydroxylation sites is 1. The molecule has 1 saturated heterocycles. The van der Waals surface area contributed by atoms with Crippen molar-refractivity contribution in [2.45, 2.75) is 25.4 Å². The van der Waals surface area contributed by atoms with Crippen molar-refractivity contribution in [3.05, 3.63) is 59.6 Å². The van der Waals surface area contributed by atoms with Crippen molar-refractivity contribution in [1.29, 1.82) is 5.41 Å². The van der Waals surface area contributed by atoms with Crippen LogP contribution in [0.5, 0.6) is 0 Å². The Morgan fingerprint density at radius 1 is 1.32 bits per heavy atom. The van der Waals surface area contributed by atoms with Crippen molar-refractivity contribution in [1.82, 2.24) is 9.88 Å². The first-order chi connectivity index (χ1) is 14.9. The van der Waals surface area contributed by atoms with E-state index in [1.807, 2.05) is 30.5 Å². The van der Waals surface area contributed by atoms with Gasteiger partial charge >= 0.3 is 0 Å². The van der Waals surface area contributed by atoms with Crippen molar-refractivity contribution in [3.63, 3.8) is 0 Å². The topological polar surface area (TPSA) is 102 Å². The van der Waals surface area contributed by atoms with Crippen LogP contribution in [0.3, 0.4) is 0 Å². The minimum Gasteiger partial charge on any atom is -0.464 e. The van der Waals surface area contributed by atoms with Crippen LogP contribution in [0.4, 0.5) is 5.69 Å². The number of piperidine rings is 1. The van der Waals surface area contributed by atoms with Gasteiger partial charge < -0.3 is 19.7 Å². The lowest BCUT2D eigenvalue weighted by Crippen LogP contribution is -2.45. The van der Waals surface area contributed by atoms with Crippen molar-refractivity contribution >= 4 is 40.0 Å². The molecule has 3 aromatic rings. The summed E-state index contributed by atoms with van der Waals surface area (Å²) in [7, 11) is 0. The number of rotatable bonds is 6. The number of thioether (sulfide) groups is 1. The molecule has 0 spiro atoms. The van der Waals surface area contributed by atoms with E-state index < -0.39 is 5.60 Å². The zero-order valence-corrected chi connectivity index (χ0v) is 18.5. The van der Waals surface area contributed by atoms with E-state index in [0.717, 1.165) is 11.0 Å². The summed E-state index contributed by atoms with van der Waals surface area (Å²) in [5, 5.41) is 23.1. The van der Waals surface area contributed by atoms with Crippen molar-refractivity contribution in [2.75, 3.05) is 30.5 Å². The number of aromatic nitrogens is 1. The van der Waals surface area contributed by atoms with E-state index in [1.165, 1.54) is 0 Å². The molecule has 2 aromatic heterocycles. The summed E-state index contributed by atoms with van der Waals surface area (Å²) in [4.78, 5) is 19.1. The predicted molar refractivity (Wildman–Crippen MR) is 124 cm³/mol. The Kier molecular flexibility index (Phi) is 6.02. The highest BCUT2D eigenvalue weighted by molar-refractivity contribution is 7.98. The molecule has 0 unspecified atom stereocenters. The Morgan fingerprint density at radius 2 is 2.06 bits per heavy atom. The highest BCUT2D eigenvalue weighted by atomic mass is 32.2. The molecule has 0 aliphatic carbocycles. The van der Waals surface area contributed by atoms with E-state index in [-0.39, 0.29) is 11.6 Å². The second kappa shape index (κ2) is 8.72. The number of carbonyl (C=O) groups excluding carboxylic acids is 1. The van der Waals surface area contributed by atoms with E-state index >= 15 is 0 Å². The quantitative estimate of drug-likeness (QED) is 0.398. The number of anilines is 1. The number of hydrogen-bond acceptors (Lipinski definition) is 7. The van der Waals surface area contributed by atoms with Crippen molar-refractivity contribution in [3.8, 4) is 0 Å². The highest BCUT2D eigenvalue weighted by Gasteiger charge is 2.30. The van der Waals surface area contributed by atoms with E-state index in [0.29, 0.717) is 54.3 Å². The standard InChI is InChI=1S/C23H26N4O3S/c1-23(29)7-9-27(10-8-23)22(28)19-11-18(26-14-31-2)16(12-25-19)21(24)17-13-30-20-6-4-3-5-15(17)20/h3-6,11-13,24,29H,7-10,14H2,1-2H3,(H,25,26). The lowest BCUT2D eigenvalue weighted by molar-refractivity contribution is -0.00219. The normalized spacial score (nSPS) is 15.8. The largest absolute Gasteiger partial charge is 0.464 e. The molecule has 3 N–H and O–H groups in total. The highest BCUT2D eigenvalue weighted by Crippen LogP contribution is 2.28. The number of aliphatic hydroxyl groups is 1. The number of benzene rings is 1. The second-order valence-corrected chi connectivity index (χ2v) is 8.90. The zero-order chi connectivity index (χ0) is 22.0. The number of nitrogens with zero attached hydrogens (tertiary/aromatic N) is 2. The average molecular weight is 439 g/mol. The molecule has 1 amide bonds. The number of likely N-dealkylation sites (tertiary alicyclic amines) is 1. The number of hydrogen-bond donors (Lipinski definition) is 3. The molecule has 162 valence electrons. The molecule has 8 heteroatoms. The van der Waals surface area contributed by atoms with Gasteiger partial charge in [0, 0.05) is 41.5 Å². The van der Waals surface area contributed by atoms with E-state index in [9.17, 15) is 9.90 Å². The maximum absolute atomic E-state index is 13.0. The number of fused-ring (bicyclic) bond motifs is 1. The van der Waals surface area contributed by atoms with Crippen LogP contribution in [0, 0.1) is 5.41 Å². The summed E-state index contributed by atoms with van der Waals surface area (Å²) >= 11 is 1.62. The first-order valence-electron chi connectivity index (χ1n) is 10.2. The van der Waals surface area contributed by atoms with Gasteiger partial charge in [0.2, 0.25) is 0 Å². The number of pyridine rings is 1. The SMILES string of the molecule is CSCNc1cc(C(=O)N2CCC(C)(O)CC2)ncc1C(=N)c1coc2ccccc12. The molecule has 1 fully saturated rings. The van der Waals surface area contributed by atoms with E-state index in [4.69, 9.17) is 9.83 Å². The third kappa shape index (κ3) is 4.45. The van der Waals surface area contributed by atoms with Gasteiger partial charge in [-0.1, -0.05) is 18.2 Å². The van der Waals surface area contributed by atoms with Crippen LogP contribution in [0.1, 0.15) is 41.4 Å². The minimum atomic E-state index is -0.721. The molecule has 1 aromatic carbocycles. The summed E-state index contributed by atoms with van der Waals surface area (Å²) < 4.78 is 5.60. The lowest BCUT2D eigenvalue weighted by atomic mass is 9.93. The van der Waals surface area contributed by atoms with Crippen molar-refractivity contribution in [2.24, 2.45) is 0 Å². The number of amides is 1. The fraction of sp³-hybridized carbons (Fsp3) is 0.348. The smallest absolute Gasteiger partial charge is 0.272 e. The Morgan fingerprint density at radius 3 is 2.81 bits per heavy atom. The molecular weight excluding hydrogens is 412 g/mol. The third-order valence-electron chi connectivity index (χ3n) is 5.68. The van der Waals surface area contributed by atoms with Gasteiger partial charge in [-0.15, -0.1) is 11.8 Å². The Balaban J connectivity index is 1.64. The number of furan rings is 1. The van der Waals surface area contributed by atoms with Crippen LogP contribution in [0.2, 0.25) is 0 Å². The lowest BCUT2D eigenvalue weighted by Gasteiger charge is -2.35. The molecule has 31 heavy (non-hydrogen) atoms. The van der Waals surface area contributed by atoms with Gasteiger partial charge in [0.15, 0.2) is 0 Å². The number of nitrogens with one attached hydrogen (secondary N) is 2. The zero-order valence-electron chi connectivity index (χ0n) is 17.6. The fourth-order valence-corrected chi connectivity index (χ4v) is 4.04. The van der Waals surface area contributed by atoms with Crippen LogP contribution in [-0.4, -0.2) is 57.4 Å². The predicted octanol–water partition coefficient (Wildman–Crippen LogP) is 3.96. The van der Waals surface area contributed by atoms with Crippen LogP contribution >= 0.6 is 11.8 Å². The van der Waals surface area contributed by atoms with Crippen LogP contribution in [-0.2, 0) is 0 Å². The molecule has 7 nitrogen and oxygen atoms in total. The Labute approximate surface area is 185 Å².